The fourth-order valence-corrected chi connectivity index (χ4v) is 3.80. The maximum atomic E-state index is 11.2. The Morgan fingerprint density at radius 2 is 1.68 bits per heavy atom. The van der Waals surface area contributed by atoms with Crippen LogP contribution in [0.5, 0.6) is 0 Å². The van der Waals surface area contributed by atoms with Gasteiger partial charge in [0.2, 0.25) is 0 Å². The normalized spacial score (nSPS) is 11.8. The predicted molar refractivity (Wildman–Crippen MR) is 130 cm³/mol. The van der Waals surface area contributed by atoms with Gasteiger partial charge in [-0.2, -0.15) is 4.57 Å². The van der Waals surface area contributed by atoms with Gasteiger partial charge >= 0.3 is 0 Å². The standard InChI is InChI=1S/C25H19ClN2O2S/c26-20-12-10-19(11-13-20)24(30)23(28-14-4-5-17(15-28)16-29)25(31)27-22-9-3-7-18-6-1-2-8-21(18)22/h1-15,29H,16H2,(H-,27,30,31)/p+1. The van der Waals surface area contributed by atoms with E-state index in [2.05, 4.69) is 5.32 Å². The van der Waals surface area contributed by atoms with Crippen molar-refractivity contribution >= 4 is 56.7 Å². The lowest BCUT2D eigenvalue weighted by Gasteiger charge is -2.12. The summed E-state index contributed by atoms with van der Waals surface area (Å²) in [6.07, 6.45) is 3.51. The van der Waals surface area contributed by atoms with Crippen LogP contribution in [0.3, 0.4) is 0 Å². The van der Waals surface area contributed by atoms with Gasteiger partial charge in [-0.1, -0.05) is 60.2 Å². The smallest absolute Gasteiger partial charge is 0.288 e. The Bertz CT molecular complexity index is 1280. The number of hydrogen-bond acceptors (Lipinski definition) is 3. The second-order valence-corrected chi connectivity index (χ2v) is 7.81. The van der Waals surface area contributed by atoms with Gasteiger partial charge in [0.25, 0.3) is 5.70 Å². The van der Waals surface area contributed by atoms with Crippen LogP contribution in [0, 0.1) is 0 Å². The monoisotopic (exact) mass is 447 g/mol. The summed E-state index contributed by atoms with van der Waals surface area (Å²) in [7, 11) is 0. The fourth-order valence-electron chi connectivity index (χ4n) is 3.36. The van der Waals surface area contributed by atoms with E-state index in [0.717, 1.165) is 16.5 Å². The number of rotatable bonds is 5. The van der Waals surface area contributed by atoms with Crippen LogP contribution in [0.2, 0.25) is 5.02 Å². The van der Waals surface area contributed by atoms with Crippen LogP contribution < -0.4 is 9.88 Å². The van der Waals surface area contributed by atoms with Gasteiger partial charge in [-0.3, -0.25) is 0 Å². The number of pyridine rings is 1. The summed E-state index contributed by atoms with van der Waals surface area (Å²) in [5, 5.41) is 26.7. The SMILES string of the molecule is OCc1ccc[n+](/C(C(=S)Nc2cccc3ccccc23)=C(/O)c2ccc(Cl)cc2)c1. The molecular weight excluding hydrogens is 428 g/mol. The molecule has 4 aromatic rings. The van der Waals surface area contributed by atoms with E-state index in [0.29, 0.717) is 26.8 Å². The van der Waals surface area contributed by atoms with Crippen molar-refractivity contribution < 1.29 is 14.8 Å². The molecule has 4 nitrogen and oxygen atoms in total. The molecule has 0 unspecified atom stereocenters. The van der Waals surface area contributed by atoms with Gasteiger partial charge in [-0.05, 0) is 41.8 Å². The van der Waals surface area contributed by atoms with Crippen molar-refractivity contribution in [3.8, 4) is 0 Å². The number of thiocarbonyl (C=S) groups is 1. The molecule has 1 aromatic heterocycles. The topological polar surface area (TPSA) is 56.4 Å². The van der Waals surface area contributed by atoms with Crippen LogP contribution >= 0.6 is 23.8 Å². The number of anilines is 1. The fraction of sp³-hybridized carbons (Fsp3) is 0.0400. The van der Waals surface area contributed by atoms with Crippen molar-refractivity contribution in [1.82, 2.24) is 0 Å². The third kappa shape index (κ3) is 4.59. The van der Waals surface area contributed by atoms with Crippen molar-refractivity contribution in [3.05, 3.63) is 107 Å². The molecule has 0 aliphatic rings. The van der Waals surface area contributed by atoms with Crippen molar-refractivity contribution in [2.24, 2.45) is 0 Å². The lowest BCUT2D eigenvalue weighted by molar-refractivity contribution is -0.576. The molecule has 0 aliphatic heterocycles. The summed E-state index contributed by atoms with van der Waals surface area (Å²) in [6.45, 7) is -0.126. The molecule has 0 saturated heterocycles. The van der Waals surface area contributed by atoms with E-state index in [1.54, 1.807) is 53.4 Å². The summed E-state index contributed by atoms with van der Waals surface area (Å²) >= 11 is 11.8. The first kappa shape index (κ1) is 21.0. The van der Waals surface area contributed by atoms with Gasteiger partial charge in [0, 0.05) is 33.3 Å². The Hall–Kier alpha value is -3.25. The number of benzene rings is 3. The van der Waals surface area contributed by atoms with Gasteiger partial charge in [-0.15, -0.1) is 0 Å². The minimum Gasteiger partial charge on any atom is -0.502 e. The van der Waals surface area contributed by atoms with Crippen molar-refractivity contribution in [2.75, 3.05) is 5.32 Å². The van der Waals surface area contributed by atoms with Gasteiger partial charge in [0.15, 0.2) is 23.1 Å². The average molecular weight is 448 g/mol. The van der Waals surface area contributed by atoms with Crippen LogP contribution in [-0.2, 0) is 6.61 Å². The van der Waals surface area contributed by atoms with Gasteiger partial charge in [-0.25, -0.2) is 0 Å². The molecule has 0 radical (unpaired) electrons. The summed E-state index contributed by atoms with van der Waals surface area (Å²) in [4.78, 5) is 0.337. The number of nitrogens with one attached hydrogen (secondary N) is 1. The molecule has 0 fully saturated rings. The Balaban J connectivity index is 1.82. The lowest BCUT2D eigenvalue weighted by Crippen LogP contribution is -2.39. The molecule has 6 heteroatoms. The molecule has 0 spiro atoms. The molecule has 0 atom stereocenters. The van der Waals surface area contributed by atoms with Gasteiger partial charge in [0.1, 0.15) is 0 Å². The summed E-state index contributed by atoms with van der Waals surface area (Å²) in [5.74, 6) is -0.00510. The first-order valence-corrected chi connectivity index (χ1v) is 10.4. The highest BCUT2D eigenvalue weighted by Crippen LogP contribution is 2.25. The third-order valence-corrected chi connectivity index (χ3v) is 5.44. The largest absolute Gasteiger partial charge is 0.502 e. The molecule has 3 aromatic carbocycles. The molecule has 0 saturated carbocycles. The maximum absolute atomic E-state index is 11.2. The summed E-state index contributed by atoms with van der Waals surface area (Å²) in [5.41, 5.74) is 2.49. The number of halogens is 1. The zero-order valence-electron chi connectivity index (χ0n) is 16.5. The van der Waals surface area contributed by atoms with E-state index in [9.17, 15) is 10.2 Å². The highest BCUT2D eigenvalue weighted by atomic mass is 35.5. The predicted octanol–water partition coefficient (Wildman–Crippen LogP) is 5.60. The summed E-state index contributed by atoms with van der Waals surface area (Å²) < 4.78 is 1.70. The minimum atomic E-state index is -0.126. The van der Waals surface area contributed by atoms with Gasteiger partial charge in [0.05, 0.1) is 6.61 Å². The highest BCUT2D eigenvalue weighted by molar-refractivity contribution is 7.81. The van der Waals surface area contributed by atoms with Crippen LogP contribution in [0.15, 0.2) is 91.3 Å². The van der Waals surface area contributed by atoms with Crippen LogP contribution in [0.4, 0.5) is 5.69 Å². The van der Waals surface area contributed by atoms with Crippen molar-refractivity contribution in [2.45, 2.75) is 6.61 Å². The Morgan fingerprint density at radius 1 is 0.935 bits per heavy atom. The second-order valence-electron chi connectivity index (χ2n) is 6.96. The number of nitrogens with zero attached hydrogens (tertiary/aromatic N) is 1. The number of fused-ring (bicyclic) bond motifs is 1. The van der Waals surface area contributed by atoms with Crippen LogP contribution in [-0.4, -0.2) is 15.2 Å². The Labute approximate surface area is 190 Å². The third-order valence-electron chi connectivity index (χ3n) is 4.90. The average Bonchev–Trinajstić information content (AvgIpc) is 2.80. The van der Waals surface area contributed by atoms with E-state index in [1.165, 1.54) is 0 Å². The van der Waals surface area contributed by atoms with Crippen LogP contribution in [0.25, 0.3) is 22.2 Å². The molecule has 0 amide bonds. The molecule has 154 valence electrons. The highest BCUT2D eigenvalue weighted by Gasteiger charge is 2.24. The van der Waals surface area contributed by atoms with Crippen LogP contribution in [0.1, 0.15) is 11.1 Å². The Morgan fingerprint density at radius 3 is 2.45 bits per heavy atom. The quantitative estimate of drug-likeness (QED) is 0.161. The number of aromatic nitrogens is 1. The zero-order valence-corrected chi connectivity index (χ0v) is 18.1. The van der Waals surface area contributed by atoms with Gasteiger partial charge < -0.3 is 15.5 Å². The molecule has 0 aliphatic carbocycles. The van der Waals surface area contributed by atoms with E-state index >= 15 is 0 Å². The number of hydrogen-bond donors (Lipinski definition) is 3. The zero-order chi connectivity index (χ0) is 21.8. The van der Waals surface area contributed by atoms with Crippen molar-refractivity contribution in [3.63, 3.8) is 0 Å². The van der Waals surface area contributed by atoms with E-state index in [1.807, 2.05) is 42.5 Å². The molecule has 31 heavy (non-hydrogen) atoms. The molecular formula is C25H20ClN2O2S+. The second kappa shape index (κ2) is 9.27. The molecule has 3 N–H and O–H groups in total. The molecule has 1 heterocycles. The number of aliphatic hydroxyl groups excluding tert-OH is 2. The minimum absolute atomic E-state index is 0.00510. The van der Waals surface area contributed by atoms with Crippen molar-refractivity contribution in [1.29, 1.82) is 0 Å². The summed E-state index contributed by atoms with van der Waals surface area (Å²) in [6, 6.07) is 24.4. The number of aliphatic hydroxyl groups is 2. The lowest BCUT2D eigenvalue weighted by atomic mass is 10.1. The van der Waals surface area contributed by atoms with E-state index in [4.69, 9.17) is 23.8 Å². The molecule has 4 rings (SSSR count). The molecule has 0 bridgehead atoms. The Kier molecular flexibility index (Phi) is 6.28. The maximum Gasteiger partial charge on any atom is 0.288 e. The van der Waals surface area contributed by atoms with E-state index < -0.39 is 0 Å². The first-order valence-electron chi connectivity index (χ1n) is 9.66. The van der Waals surface area contributed by atoms with E-state index in [-0.39, 0.29) is 12.4 Å². The first-order chi connectivity index (χ1) is 15.1.